The van der Waals surface area contributed by atoms with Crippen LogP contribution in [0.25, 0.3) is 11.0 Å². The molecule has 8 nitrogen and oxygen atoms in total. The first-order chi connectivity index (χ1) is 26.3. The van der Waals surface area contributed by atoms with Gasteiger partial charge in [0.2, 0.25) is 0 Å². The molecule has 0 saturated carbocycles. The number of hydrogen-bond donors (Lipinski definition) is 2. The van der Waals surface area contributed by atoms with Crippen LogP contribution in [0.2, 0.25) is 0 Å². The van der Waals surface area contributed by atoms with Crippen LogP contribution in [-0.4, -0.2) is 47.5 Å². The molecule has 2 aromatic carbocycles. The Balaban J connectivity index is 1.56. The van der Waals surface area contributed by atoms with Crippen molar-refractivity contribution < 1.29 is 23.8 Å². The van der Waals surface area contributed by atoms with Gasteiger partial charge in [0.1, 0.15) is 5.75 Å². The maximum Gasteiger partial charge on any atom is 0.336 e. The van der Waals surface area contributed by atoms with Crippen molar-refractivity contribution in [2.24, 2.45) is 0 Å². The Kier molecular flexibility index (Phi) is 18.5. The third kappa shape index (κ3) is 12.4. The second kappa shape index (κ2) is 23.3. The lowest BCUT2D eigenvalue weighted by Crippen LogP contribution is -2.34. The zero-order chi connectivity index (χ0) is 38.7. The second-order valence-corrected chi connectivity index (χ2v) is 15.4. The molecule has 0 bridgehead atoms. The van der Waals surface area contributed by atoms with Crippen LogP contribution >= 0.6 is 11.8 Å². The Morgan fingerprint density at radius 1 is 0.741 bits per heavy atom. The lowest BCUT2D eigenvalue weighted by atomic mass is 9.77. The average Bonchev–Trinajstić information content (AvgIpc) is 3.56. The van der Waals surface area contributed by atoms with E-state index in [1.807, 2.05) is 38.1 Å². The van der Waals surface area contributed by atoms with Crippen LogP contribution in [0.3, 0.4) is 0 Å². The van der Waals surface area contributed by atoms with Crippen molar-refractivity contribution in [3.8, 4) is 5.75 Å². The van der Waals surface area contributed by atoms with Crippen LogP contribution < -0.4 is 10.1 Å². The third-order valence-electron chi connectivity index (χ3n) is 10.1. The summed E-state index contributed by atoms with van der Waals surface area (Å²) in [6.45, 7) is 12.6. The van der Waals surface area contributed by atoms with E-state index in [2.05, 4.69) is 36.3 Å². The molecule has 9 heteroatoms. The molecule has 2 heterocycles. The first-order valence-electron chi connectivity index (χ1n) is 20.7. The molecule has 2 N–H and O–H groups in total. The summed E-state index contributed by atoms with van der Waals surface area (Å²) in [7, 11) is 0. The molecule has 1 aromatic heterocycles. The number of thioether (sulfide) groups is 1. The van der Waals surface area contributed by atoms with Gasteiger partial charge < -0.3 is 24.5 Å². The number of aromatic nitrogens is 2. The van der Waals surface area contributed by atoms with E-state index < -0.39 is 17.9 Å². The second-order valence-electron chi connectivity index (χ2n) is 14.4. The molecule has 0 fully saturated rings. The van der Waals surface area contributed by atoms with Crippen LogP contribution in [-0.2, 0) is 25.5 Å². The third-order valence-corrected chi connectivity index (χ3v) is 11.0. The van der Waals surface area contributed by atoms with Gasteiger partial charge in [-0.25, -0.2) is 14.6 Å². The molecule has 0 radical (unpaired) electrons. The summed E-state index contributed by atoms with van der Waals surface area (Å²) >= 11 is 1.50. The standard InChI is InChI=1S/C45H65N3O5S/c1-7-11-12-13-14-15-16-17-18-19-20-21-22-23-25-34-26-24-27-38(51-8-2)40(34)42-39(43(49)52-9-3)33(6)46-37(41(42)44(50)53-10-4)31-54-45-47-35-29-28-32(5)30-36(35)48-45/h24,26-30,42,46H,7-23,25,31H2,1-6H3,(H,47,48). The molecule has 54 heavy (non-hydrogen) atoms. The fourth-order valence-corrected chi connectivity index (χ4v) is 8.32. The zero-order valence-corrected chi connectivity index (χ0v) is 34.7. The number of unbranched alkanes of at least 4 members (excludes halogenated alkanes) is 13. The quantitative estimate of drug-likeness (QED) is 0.0500. The Hall–Kier alpha value is -3.72. The number of hydrogen-bond acceptors (Lipinski definition) is 8. The molecular weight excluding hydrogens is 695 g/mol. The van der Waals surface area contributed by atoms with Crippen molar-refractivity contribution in [2.45, 2.75) is 149 Å². The summed E-state index contributed by atoms with van der Waals surface area (Å²) in [5, 5.41) is 4.18. The van der Waals surface area contributed by atoms with E-state index in [0.29, 0.717) is 40.6 Å². The fourth-order valence-electron chi connectivity index (χ4n) is 7.46. The Morgan fingerprint density at radius 2 is 1.35 bits per heavy atom. The zero-order valence-electron chi connectivity index (χ0n) is 33.9. The number of aromatic amines is 1. The molecule has 0 aliphatic carbocycles. The van der Waals surface area contributed by atoms with E-state index in [1.54, 1.807) is 13.8 Å². The number of imidazole rings is 1. The largest absolute Gasteiger partial charge is 0.494 e. The summed E-state index contributed by atoms with van der Waals surface area (Å²) in [5.41, 5.74) is 7.04. The van der Waals surface area contributed by atoms with Crippen molar-refractivity contribution >= 4 is 34.7 Å². The number of nitrogens with one attached hydrogen (secondary N) is 2. The number of carbonyl (C=O) groups excluding carboxylic acids is 2. The minimum Gasteiger partial charge on any atom is -0.494 e. The molecular formula is C45H65N3O5S. The summed E-state index contributed by atoms with van der Waals surface area (Å²) in [6, 6.07) is 12.2. The molecule has 1 aliphatic rings. The van der Waals surface area contributed by atoms with Gasteiger partial charge in [-0.15, -0.1) is 0 Å². The van der Waals surface area contributed by atoms with Crippen molar-refractivity contribution in [3.63, 3.8) is 0 Å². The van der Waals surface area contributed by atoms with Crippen molar-refractivity contribution in [3.05, 3.63) is 75.6 Å². The number of ether oxygens (including phenoxy) is 3. The highest BCUT2D eigenvalue weighted by atomic mass is 32.2. The molecule has 0 spiro atoms. The molecule has 0 amide bonds. The van der Waals surface area contributed by atoms with Gasteiger partial charge in [-0.1, -0.05) is 120 Å². The number of dihydropyridines is 1. The Bertz CT molecular complexity index is 1710. The fraction of sp³-hybridized carbons (Fsp3) is 0.578. The van der Waals surface area contributed by atoms with Crippen LogP contribution in [0.1, 0.15) is 147 Å². The number of aryl methyl sites for hydroxylation is 2. The number of esters is 2. The Morgan fingerprint density at radius 3 is 1.96 bits per heavy atom. The first-order valence-corrected chi connectivity index (χ1v) is 21.7. The molecule has 1 atom stereocenters. The lowest BCUT2D eigenvalue weighted by Gasteiger charge is -2.33. The molecule has 0 saturated heterocycles. The molecule has 3 aromatic rings. The monoisotopic (exact) mass is 759 g/mol. The number of allylic oxidation sites excluding steroid dienone is 1. The number of fused-ring (bicyclic) bond motifs is 1. The van der Waals surface area contributed by atoms with Crippen LogP contribution in [0.15, 0.2) is 64.1 Å². The molecule has 1 aliphatic heterocycles. The highest BCUT2D eigenvalue weighted by Gasteiger charge is 2.41. The summed E-state index contributed by atoms with van der Waals surface area (Å²) in [5.74, 6) is -0.579. The number of H-pyrrole nitrogens is 1. The van der Waals surface area contributed by atoms with Crippen LogP contribution in [0, 0.1) is 6.92 Å². The lowest BCUT2D eigenvalue weighted by molar-refractivity contribution is -0.139. The van der Waals surface area contributed by atoms with Gasteiger partial charge in [0.15, 0.2) is 5.16 Å². The van der Waals surface area contributed by atoms with Crippen molar-refractivity contribution in [1.82, 2.24) is 15.3 Å². The van der Waals surface area contributed by atoms with Crippen LogP contribution in [0.5, 0.6) is 5.75 Å². The van der Waals surface area contributed by atoms with E-state index in [-0.39, 0.29) is 13.2 Å². The normalized spacial score (nSPS) is 14.4. The van der Waals surface area contributed by atoms with E-state index in [4.69, 9.17) is 19.2 Å². The molecule has 4 rings (SSSR count). The van der Waals surface area contributed by atoms with E-state index in [1.165, 1.54) is 88.8 Å². The maximum absolute atomic E-state index is 14.1. The summed E-state index contributed by atoms with van der Waals surface area (Å²) in [6.07, 6.45) is 19.0. The average molecular weight is 760 g/mol. The number of nitrogens with zero attached hydrogens (tertiary/aromatic N) is 1. The minimum absolute atomic E-state index is 0.203. The number of carbonyl (C=O) groups is 2. The van der Waals surface area contributed by atoms with Gasteiger partial charge in [0.25, 0.3) is 0 Å². The predicted octanol–water partition coefficient (Wildman–Crippen LogP) is 11.4. The number of benzene rings is 2. The SMILES string of the molecule is CCCCCCCCCCCCCCCCc1cccc(OCC)c1C1C(C(=O)OCC)=C(C)NC(CSc2nc3ccc(C)cc3[nH]2)=C1C(=O)OCC. The maximum atomic E-state index is 14.1. The van der Waals surface area contributed by atoms with E-state index in [0.717, 1.165) is 52.1 Å². The molecule has 1 unspecified atom stereocenters. The highest BCUT2D eigenvalue weighted by molar-refractivity contribution is 7.99. The highest BCUT2D eigenvalue weighted by Crippen LogP contribution is 2.45. The van der Waals surface area contributed by atoms with Crippen molar-refractivity contribution in [1.29, 1.82) is 0 Å². The van der Waals surface area contributed by atoms with Gasteiger partial charge in [-0.3, -0.25) is 0 Å². The summed E-state index contributed by atoms with van der Waals surface area (Å²) < 4.78 is 17.7. The van der Waals surface area contributed by atoms with Gasteiger partial charge in [0.05, 0.1) is 47.9 Å². The smallest absolute Gasteiger partial charge is 0.336 e. The van der Waals surface area contributed by atoms with Gasteiger partial charge in [0, 0.05) is 22.7 Å². The minimum atomic E-state index is -0.734. The first kappa shape index (κ1) is 43.0. The van der Waals surface area contributed by atoms with Gasteiger partial charge >= 0.3 is 11.9 Å². The van der Waals surface area contributed by atoms with Crippen LogP contribution in [0.4, 0.5) is 0 Å². The van der Waals surface area contributed by atoms with Gasteiger partial charge in [-0.05, 0) is 76.8 Å². The number of rotatable bonds is 25. The summed E-state index contributed by atoms with van der Waals surface area (Å²) in [4.78, 5) is 36.2. The van der Waals surface area contributed by atoms with E-state index in [9.17, 15) is 9.59 Å². The Labute approximate surface area is 328 Å². The van der Waals surface area contributed by atoms with Crippen molar-refractivity contribution in [2.75, 3.05) is 25.6 Å². The topological polar surface area (TPSA) is 103 Å². The molecule has 296 valence electrons. The van der Waals surface area contributed by atoms with Gasteiger partial charge in [-0.2, -0.15) is 0 Å². The van der Waals surface area contributed by atoms with E-state index >= 15 is 0 Å². The predicted molar refractivity (Wildman–Crippen MR) is 222 cm³/mol.